The summed E-state index contributed by atoms with van der Waals surface area (Å²) < 4.78 is 19.0. The van der Waals surface area contributed by atoms with Crippen LogP contribution in [0.5, 0.6) is 5.75 Å². The van der Waals surface area contributed by atoms with Gasteiger partial charge in [0.25, 0.3) is 0 Å². The Morgan fingerprint density at radius 3 is 2.53 bits per heavy atom. The number of benzene rings is 1. The summed E-state index contributed by atoms with van der Waals surface area (Å²) in [6.07, 6.45) is 0. The Balaban J connectivity index is 2.90. The summed E-state index contributed by atoms with van der Waals surface area (Å²) in [4.78, 5) is 11.9. The minimum absolute atomic E-state index is 0.201. The zero-order chi connectivity index (χ0) is 14.6. The topological polar surface area (TPSA) is 64.3 Å². The van der Waals surface area contributed by atoms with Crippen LogP contribution in [0.4, 0.5) is 4.39 Å². The Labute approximate surface area is 113 Å². The second-order valence-electron chi connectivity index (χ2n) is 4.73. The van der Waals surface area contributed by atoms with E-state index in [2.05, 4.69) is 5.32 Å². The molecule has 3 atom stereocenters. The van der Waals surface area contributed by atoms with Crippen LogP contribution in [-0.4, -0.2) is 19.1 Å². The second kappa shape index (κ2) is 6.52. The van der Waals surface area contributed by atoms with Gasteiger partial charge in [0.15, 0.2) is 0 Å². The van der Waals surface area contributed by atoms with Crippen LogP contribution in [0.25, 0.3) is 0 Å². The van der Waals surface area contributed by atoms with E-state index in [0.717, 1.165) is 0 Å². The molecule has 0 heterocycles. The van der Waals surface area contributed by atoms with Gasteiger partial charge in [0.05, 0.1) is 18.7 Å². The Hall–Kier alpha value is -1.62. The van der Waals surface area contributed by atoms with Gasteiger partial charge in [-0.25, -0.2) is 4.39 Å². The molecule has 0 saturated carbocycles. The number of ether oxygens (including phenoxy) is 1. The van der Waals surface area contributed by atoms with Crippen LogP contribution in [0.2, 0.25) is 0 Å². The molecule has 0 saturated heterocycles. The van der Waals surface area contributed by atoms with Gasteiger partial charge in [0.2, 0.25) is 5.91 Å². The zero-order valence-electron chi connectivity index (χ0n) is 11.7. The van der Waals surface area contributed by atoms with Crippen LogP contribution in [0.1, 0.15) is 32.4 Å². The summed E-state index contributed by atoms with van der Waals surface area (Å²) in [6, 6.07) is 3.84. The van der Waals surface area contributed by atoms with Gasteiger partial charge < -0.3 is 15.8 Å². The molecule has 1 aromatic carbocycles. The first kappa shape index (κ1) is 15.4. The fraction of sp³-hybridized carbons (Fsp3) is 0.500. The number of rotatable bonds is 5. The number of carbonyl (C=O) groups is 1. The van der Waals surface area contributed by atoms with E-state index in [4.69, 9.17) is 10.5 Å². The Bertz CT molecular complexity index is 449. The first-order chi connectivity index (χ1) is 8.88. The average molecular weight is 268 g/mol. The minimum Gasteiger partial charge on any atom is -0.496 e. The van der Waals surface area contributed by atoms with Crippen molar-refractivity contribution in [1.82, 2.24) is 5.32 Å². The number of hydrogen-bond donors (Lipinski definition) is 2. The summed E-state index contributed by atoms with van der Waals surface area (Å²) in [5.41, 5.74) is 6.02. The van der Waals surface area contributed by atoms with Crippen LogP contribution in [0.3, 0.4) is 0 Å². The maximum atomic E-state index is 13.8. The summed E-state index contributed by atoms with van der Waals surface area (Å²) >= 11 is 0. The third-order valence-corrected chi connectivity index (χ3v) is 3.23. The largest absolute Gasteiger partial charge is 0.496 e. The van der Waals surface area contributed by atoms with E-state index >= 15 is 0 Å². The SMILES string of the molecule is COc1cccc(F)c1C(C)NC(=O)C(C)C(C)N. The van der Waals surface area contributed by atoms with Gasteiger partial charge >= 0.3 is 0 Å². The molecule has 0 radical (unpaired) electrons. The van der Waals surface area contributed by atoms with Gasteiger partial charge in [-0.2, -0.15) is 0 Å². The number of methoxy groups -OCH3 is 1. The molecule has 0 fully saturated rings. The molecule has 3 N–H and O–H groups in total. The summed E-state index contributed by atoms with van der Waals surface area (Å²) in [5.74, 6) is -0.519. The predicted molar refractivity (Wildman–Crippen MR) is 72.3 cm³/mol. The lowest BCUT2D eigenvalue weighted by atomic mass is 10.0. The van der Waals surface area contributed by atoms with Crippen molar-refractivity contribution >= 4 is 5.91 Å². The molecule has 0 aromatic heterocycles. The van der Waals surface area contributed by atoms with E-state index in [9.17, 15) is 9.18 Å². The molecule has 4 nitrogen and oxygen atoms in total. The predicted octanol–water partition coefficient (Wildman–Crippen LogP) is 1.99. The van der Waals surface area contributed by atoms with Crippen molar-refractivity contribution < 1.29 is 13.9 Å². The molecule has 1 rings (SSSR count). The first-order valence-electron chi connectivity index (χ1n) is 6.26. The Kier molecular flexibility index (Phi) is 5.30. The molecule has 0 spiro atoms. The fourth-order valence-electron chi connectivity index (χ4n) is 1.77. The van der Waals surface area contributed by atoms with E-state index < -0.39 is 11.9 Å². The van der Waals surface area contributed by atoms with Crippen LogP contribution in [-0.2, 0) is 4.79 Å². The van der Waals surface area contributed by atoms with Gasteiger partial charge in [-0.15, -0.1) is 0 Å². The molecule has 5 heteroatoms. The van der Waals surface area contributed by atoms with Crippen molar-refractivity contribution in [2.24, 2.45) is 11.7 Å². The van der Waals surface area contributed by atoms with Crippen LogP contribution >= 0.6 is 0 Å². The lowest BCUT2D eigenvalue weighted by molar-refractivity contribution is -0.125. The summed E-state index contributed by atoms with van der Waals surface area (Å²) in [5, 5.41) is 2.75. The number of halogens is 1. The molecule has 0 bridgehead atoms. The highest BCUT2D eigenvalue weighted by molar-refractivity contribution is 5.79. The smallest absolute Gasteiger partial charge is 0.224 e. The quantitative estimate of drug-likeness (QED) is 0.858. The van der Waals surface area contributed by atoms with Crippen LogP contribution in [0, 0.1) is 11.7 Å². The highest BCUT2D eigenvalue weighted by atomic mass is 19.1. The lowest BCUT2D eigenvalue weighted by Crippen LogP contribution is -2.39. The molecular formula is C14H21FN2O2. The molecular weight excluding hydrogens is 247 g/mol. The number of hydrogen-bond acceptors (Lipinski definition) is 3. The van der Waals surface area contributed by atoms with Crippen molar-refractivity contribution in [3.05, 3.63) is 29.6 Å². The van der Waals surface area contributed by atoms with Gasteiger partial charge in [-0.1, -0.05) is 13.0 Å². The molecule has 0 aliphatic heterocycles. The number of nitrogens with two attached hydrogens (primary N) is 1. The molecule has 106 valence electrons. The third kappa shape index (κ3) is 3.67. The second-order valence-corrected chi connectivity index (χ2v) is 4.73. The van der Waals surface area contributed by atoms with E-state index in [0.29, 0.717) is 11.3 Å². The highest BCUT2D eigenvalue weighted by Gasteiger charge is 2.22. The van der Waals surface area contributed by atoms with E-state index in [1.165, 1.54) is 13.2 Å². The third-order valence-electron chi connectivity index (χ3n) is 3.23. The minimum atomic E-state index is -0.482. The van der Waals surface area contributed by atoms with Crippen molar-refractivity contribution in [2.45, 2.75) is 32.9 Å². The summed E-state index contributed by atoms with van der Waals surface area (Å²) in [7, 11) is 1.47. The van der Waals surface area contributed by atoms with Crippen LogP contribution in [0.15, 0.2) is 18.2 Å². The van der Waals surface area contributed by atoms with Crippen molar-refractivity contribution in [1.29, 1.82) is 0 Å². The van der Waals surface area contributed by atoms with Crippen molar-refractivity contribution in [3.63, 3.8) is 0 Å². The number of carbonyl (C=O) groups excluding carboxylic acids is 1. The molecule has 1 aromatic rings. The standard InChI is InChI=1S/C14H21FN2O2/c1-8(9(2)16)14(18)17-10(3)13-11(15)6-5-7-12(13)19-4/h5-10H,16H2,1-4H3,(H,17,18). The first-order valence-corrected chi connectivity index (χ1v) is 6.26. The lowest BCUT2D eigenvalue weighted by Gasteiger charge is -2.21. The van der Waals surface area contributed by atoms with Gasteiger partial charge in [-0.3, -0.25) is 4.79 Å². The number of amides is 1. The normalized spacial score (nSPS) is 15.5. The molecule has 19 heavy (non-hydrogen) atoms. The fourth-order valence-corrected chi connectivity index (χ4v) is 1.77. The van der Waals surface area contributed by atoms with E-state index in [1.807, 2.05) is 0 Å². The van der Waals surface area contributed by atoms with Gasteiger partial charge in [-0.05, 0) is 26.0 Å². The molecule has 0 aliphatic rings. The van der Waals surface area contributed by atoms with Crippen LogP contribution < -0.4 is 15.8 Å². The monoisotopic (exact) mass is 268 g/mol. The van der Waals surface area contributed by atoms with Gasteiger partial charge in [0, 0.05) is 12.0 Å². The average Bonchev–Trinajstić information content (AvgIpc) is 2.36. The van der Waals surface area contributed by atoms with Crippen molar-refractivity contribution in [3.8, 4) is 5.75 Å². The zero-order valence-corrected chi connectivity index (χ0v) is 11.7. The summed E-state index contributed by atoms with van der Waals surface area (Å²) in [6.45, 7) is 5.22. The molecule has 0 aliphatic carbocycles. The van der Waals surface area contributed by atoms with E-state index in [1.54, 1.807) is 32.9 Å². The van der Waals surface area contributed by atoms with E-state index in [-0.39, 0.29) is 17.9 Å². The maximum Gasteiger partial charge on any atom is 0.224 e. The Morgan fingerprint density at radius 1 is 1.37 bits per heavy atom. The molecule has 3 unspecified atom stereocenters. The number of nitrogens with one attached hydrogen (secondary N) is 1. The molecule has 1 amide bonds. The van der Waals surface area contributed by atoms with Crippen molar-refractivity contribution in [2.75, 3.05) is 7.11 Å². The Morgan fingerprint density at radius 2 is 2.00 bits per heavy atom. The highest BCUT2D eigenvalue weighted by Crippen LogP contribution is 2.27. The maximum absolute atomic E-state index is 13.8. The van der Waals surface area contributed by atoms with Gasteiger partial charge in [0.1, 0.15) is 11.6 Å².